The third kappa shape index (κ3) is 4.44. The summed E-state index contributed by atoms with van der Waals surface area (Å²) < 4.78 is 0. The van der Waals surface area contributed by atoms with Crippen LogP contribution in [-0.4, -0.2) is 22.2 Å². The molecule has 4 nitrogen and oxygen atoms in total. The lowest BCUT2D eigenvalue weighted by Gasteiger charge is -2.02. The van der Waals surface area contributed by atoms with E-state index in [1.165, 1.54) is 18.2 Å². The molecule has 98 valence electrons. The maximum absolute atomic E-state index is 10.6. The van der Waals surface area contributed by atoms with Crippen molar-refractivity contribution in [3.8, 4) is 0 Å². The van der Waals surface area contributed by atoms with Crippen molar-refractivity contribution in [3.63, 3.8) is 0 Å². The fourth-order valence-corrected chi connectivity index (χ4v) is 1.56. The second-order valence-corrected chi connectivity index (χ2v) is 3.83. The maximum atomic E-state index is 10.6. The molecule has 0 amide bonds. The lowest BCUT2D eigenvalue weighted by atomic mass is 10.1. The van der Waals surface area contributed by atoms with E-state index in [0.29, 0.717) is 0 Å². The Kier molecular flexibility index (Phi) is 5.57. The van der Waals surface area contributed by atoms with Gasteiger partial charge in [-0.15, -0.1) is 0 Å². The van der Waals surface area contributed by atoms with E-state index in [0.717, 1.165) is 0 Å². The highest BCUT2D eigenvalue weighted by atomic mass is 35.5. The van der Waals surface area contributed by atoms with Gasteiger partial charge < -0.3 is 10.2 Å². The first-order valence-electron chi connectivity index (χ1n) is 5.29. The number of rotatable bonds is 2. The minimum atomic E-state index is -1.34. The fraction of sp³-hybridized carbons (Fsp3) is 0. The molecule has 0 fully saturated rings. The van der Waals surface area contributed by atoms with Crippen LogP contribution in [0.25, 0.3) is 0 Å². The minimum absolute atomic E-state index is 0.0765. The number of carboxylic acid groups (broad SMARTS) is 2. The lowest BCUT2D eigenvalue weighted by molar-refractivity contribution is 0.0651. The molecule has 5 heteroatoms. The molecule has 0 aliphatic heterocycles. The van der Waals surface area contributed by atoms with Crippen LogP contribution in [0.4, 0.5) is 0 Å². The van der Waals surface area contributed by atoms with Crippen molar-refractivity contribution in [2.45, 2.75) is 0 Å². The molecule has 0 aromatic heterocycles. The van der Waals surface area contributed by atoms with E-state index in [4.69, 9.17) is 21.8 Å². The molecular formula is C14H11ClO4. The van der Waals surface area contributed by atoms with E-state index in [2.05, 4.69) is 0 Å². The fourth-order valence-electron chi connectivity index (χ4n) is 1.30. The summed E-state index contributed by atoms with van der Waals surface area (Å²) in [5.41, 5.74) is -0.684. The highest BCUT2D eigenvalue weighted by Crippen LogP contribution is 2.19. The van der Waals surface area contributed by atoms with Gasteiger partial charge in [-0.05, 0) is 12.1 Å². The molecule has 2 rings (SSSR count). The van der Waals surface area contributed by atoms with Crippen LogP contribution in [0.1, 0.15) is 20.7 Å². The van der Waals surface area contributed by atoms with Gasteiger partial charge in [-0.3, -0.25) is 0 Å². The van der Waals surface area contributed by atoms with Gasteiger partial charge in [0.2, 0.25) is 0 Å². The second-order valence-electron chi connectivity index (χ2n) is 3.43. The van der Waals surface area contributed by atoms with Gasteiger partial charge >= 0.3 is 11.9 Å². The zero-order valence-electron chi connectivity index (χ0n) is 9.79. The molecule has 2 aromatic carbocycles. The first-order chi connectivity index (χ1) is 9.04. The van der Waals surface area contributed by atoms with Crippen LogP contribution in [-0.2, 0) is 0 Å². The van der Waals surface area contributed by atoms with Crippen LogP contribution < -0.4 is 0 Å². The molecule has 0 atom stereocenters. The molecule has 0 heterocycles. The van der Waals surface area contributed by atoms with E-state index < -0.39 is 11.9 Å². The highest BCUT2D eigenvalue weighted by molar-refractivity contribution is 6.34. The smallest absolute Gasteiger partial charge is 0.338 e. The van der Waals surface area contributed by atoms with Gasteiger partial charge in [0.1, 0.15) is 0 Å². The monoisotopic (exact) mass is 278 g/mol. The first-order valence-corrected chi connectivity index (χ1v) is 5.67. The molecule has 0 aliphatic carbocycles. The molecule has 0 bridgehead atoms. The standard InChI is InChI=1S/C8H5ClO4.C6H6/c9-5-3-1-2-4(7(10)11)6(5)8(12)13;1-2-4-6-5-3-1/h1-3H,(H,10,11)(H,12,13);1-6H. The Hall–Kier alpha value is -2.33. The summed E-state index contributed by atoms with van der Waals surface area (Å²) >= 11 is 5.52. The van der Waals surface area contributed by atoms with E-state index >= 15 is 0 Å². The predicted octanol–water partition coefficient (Wildman–Crippen LogP) is 3.42. The summed E-state index contributed by atoms with van der Waals surface area (Å²) in [6, 6.07) is 15.9. The third-order valence-electron chi connectivity index (χ3n) is 2.12. The Balaban J connectivity index is 0.000000250. The summed E-state index contributed by atoms with van der Waals surface area (Å²) in [6.45, 7) is 0. The first kappa shape index (κ1) is 14.7. The average Bonchev–Trinajstić information content (AvgIpc) is 2.40. The van der Waals surface area contributed by atoms with Crippen LogP contribution in [0.5, 0.6) is 0 Å². The van der Waals surface area contributed by atoms with Gasteiger partial charge in [0.15, 0.2) is 0 Å². The summed E-state index contributed by atoms with van der Waals surface area (Å²) in [5, 5.41) is 17.2. The van der Waals surface area contributed by atoms with Gasteiger partial charge in [0.05, 0.1) is 16.1 Å². The Morgan fingerprint density at radius 2 is 1.26 bits per heavy atom. The zero-order valence-corrected chi connectivity index (χ0v) is 10.5. The van der Waals surface area contributed by atoms with Gasteiger partial charge in [0, 0.05) is 0 Å². The van der Waals surface area contributed by atoms with Gasteiger partial charge in [-0.2, -0.15) is 0 Å². The quantitative estimate of drug-likeness (QED) is 0.882. The number of carbonyl (C=O) groups is 2. The molecular weight excluding hydrogens is 268 g/mol. The van der Waals surface area contributed by atoms with Crippen molar-refractivity contribution in [3.05, 3.63) is 70.7 Å². The van der Waals surface area contributed by atoms with E-state index in [1.807, 2.05) is 36.4 Å². The van der Waals surface area contributed by atoms with E-state index in [-0.39, 0.29) is 16.1 Å². The van der Waals surface area contributed by atoms with E-state index in [1.54, 1.807) is 0 Å². The SMILES string of the molecule is O=C(O)c1cccc(Cl)c1C(=O)O.c1ccccc1. The Morgan fingerprint density at radius 3 is 1.58 bits per heavy atom. The van der Waals surface area contributed by atoms with Crippen molar-refractivity contribution in [2.24, 2.45) is 0 Å². The highest BCUT2D eigenvalue weighted by Gasteiger charge is 2.18. The Bertz CT molecular complexity index is 540. The number of hydrogen-bond donors (Lipinski definition) is 2. The normalized spacial score (nSPS) is 9.11. The molecule has 0 saturated carbocycles. The van der Waals surface area contributed by atoms with Crippen LogP contribution in [0, 0.1) is 0 Å². The van der Waals surface area contributed by atoms with Crippen molar-refractivity contribution < 1.29 is 19.8 Å². The largest absolute Gasteiger partial charge is 0.478 e. The number of aromatic carboxylic acids is 2. The second kappa shape index (κ2) is 7.18. The van der Waals surface area contributed by atoms with Crippen LogP contribution >= 0.6 is 11.6 Å². The minimum Gasteiger partial charge on any atom is -0.478 e. The topological polar surface area (TPSA) is 74.6 Å². The summed E-state index contributed by atoms with van der Waals surface area (Å²) in [5.74, 6) is -2.65. The average molecular weight is 279 g/mol. The van der Waals surface area contributed by atoms with Crippen LogP contribution in [0.15, 0.2) is 54.6 Å². The number of hydrogen-bond acceptors (Lipinski definition) is 2. The molecule has 0 saturated heterocycles. The van der Waals surface area contributed by atoms with Crippen molar-refractivity contribution in [1.82, 2.24) is 0 Å². The summed E-state index contributed by atoms with van der Waals surface area (Å²) in [7, 11) is 0. The Labute approximate surface area is 114 Å². The zero-order chi connectivity index (χ0) is 14.3. The summed E-state index contributed by atoms with van der Waals surface area (Å²) in [6.07, 6.45) is 0. The van der Waals surface area contributed by atoms with Crippen molar-refractivity contribution >= 4 is 23.5 Å². The van der Waals surface area contributed by atoms with Crippen LogP contribution in [0.3, 0.4) is 0 Å². The maximum Gasteiger partial charge on any atom is 0.338 e. The summed E-state index contributed by atoms with van der Waals surface area (Å²) in [4.78, 5) is 21.2. The molecule has 0 radical (unpaired) electrons. The molecule has 0 unspecified atom stereocenters. The molecule has 0 aliphatic rings. The van der Waals surface area contributed by atoms with Crippen LogP contribution in [0.2, 0.25) is 5.02 Å². The van der Waals surface area contributed by atoms with Gasteiger partial charge in [0.25, 0.3) is 0 Å². The molecule has 0 spiro atoms. The van der Waals surface area contributed by atoms with Crippen molar-refractivity contribution in [1.29, 1.82) is 0 Å². The third-order valence-corrected chi connectivity index (χ3v) is 2.44. The molecule has 19 heavy (non-hydrogen) atoms. The number of benzene rings is 2. The number of carboxylic acids is 2. The molecule has 2 aromatic rings. The molecule has 2 N–H and O–H groups in total. The van der Waals surface area contributed by atoms with E-state index in [9.17, 15) is 9.59 Å². The van der Waals surface area contributed by atoms with Gasteiger partial charge in [-0.1, -0.05) is 54.1 Å². The Morgan fingerprint density at radius 1 is 0.789 bits per heavy atom. The lowest BCUT2D eigenvalue weighted by Crippen LogP contribution is -2.08. The number of halogens is 1. The van der Waals surface area contributed by atoms with Crippen molar-refractivity contribution in [2.75, 3.05) is 0 Å². The van der Waals surface area contributed by atoms with Gasteiger partial charge in [-0.25, -0.2) is 9.59 Å². The predicted molar refractivity (Wildman–Crippen MR) is 71.8 cm³/mol.